The maximum absolute atomic E-state index is 12.1. The van der Waals surface area contributed by atoms with Crippen LogP contribution in [0.15, 0.2) is 40.8 Å². The van der Waals surface area contributed by atoms with Gasteiger partial charge in [-0.3, -0.25) is 9.79 Å². The molecule has 0 aliphatic carbocycles. The van der Waals surface area contributed by atoms with Crippen LogP contribution in [-0.2, 0) is 0 Å². The molecule has 27 heavy (non-hydrogen) atoms. The van der Waals surface area contributed by atoms with Crippen LogP contribution in [0, 0.1) is 0 Å². The number of anilines is 1. The molecule has 3 rings (SSSR count). The molecule has 9 heteroatoms. The number of benzene rings is 1. The smallest absolute Gasteiger partial charge is 0.251 e. The average molecular weight is 388 g/mol. The molecular formula is C18H24N6O2S. The number of nitrogens with two attached hydrogens (primary N) is 1. The third-order valence-electron chi connectivity index (χ3n) is 4.32. The molecular weight excluding hydrogens is 364 g/mol. The molecule has 0 spiro atoms. The molecule has 8 nitrogen and oxygen atoms in total. The molecule has 1 aliphatic heterocycles. The van der Waals surface area contributed by atoms with Crippen molar-refractivity contribution < 1.29 is 9.53 Å². The molecule has 0 radical (unpaired) electrons. The van der Waals surface area contributed by atoms with Gasteiger partial charge in [0.05, 0.1) is 13.7 Å². The number of ether oxygens (including phenoxy) is 1. The largest absolute Gasteiger partial charge is 0.497 e. The van der Waals surface area contributed by atoms with Crippen LogP contribution in [0.3, 0.4) is 0 Å². The highest BCUT2D eigenvalue weighted by molar-refractivity contribution is 7.13. The Hall–Kier alpha value is -2.81. The van der Waals surface area contributed by atoms with Gasteiger partial charge >= 0.3 is 0 Å². The summed E-state index contributed by atoms with van der Waals surface area (Å²) in [7, 11) is 1.59. The molecule has 2 heterocycles. The Morgan fingerprint density at radius 2 is 2.04 bits per heavy atom. The molecule has 144 valence electrons. The van der Waals surface area contributed by atoms with E-state index in [9.17, 15) is 4.79 Å². The van der Waals surface area contributed by atoms with Crippen molar-refractivity contribution in [2.24, 2.45) is 10.7 Å². The Bertz CT molecular complexity index is 755. The van der Waals surface area contributed by atoms with Gasteiger partial charge in [-0.15, -0.1) is 11.3 Å². The van der Waals surface area contributed by atoms with E-state index in [4.69, 9.17) is 10.5 Å². The fourth-order valence-electron chi connectivity index (χ4n) is 2.78. The molecule has 0 atom stereocenters. The number of nitrogens with zero attached hydrogens (tertiary/aromatic N) is 4. The van der Waals surface area contributed by atoms with Crippen molar-refractivity contribution in [1.82, 2.24) is 15.2 Å². The Morgan fingerprint density at radius 1 is 1.30 bits per heavy atom. The van der Waals surface area contributed by atoms with E-state index in [0.29, 0.717) is 24.6 Å². The lowest BCUT2D eigenvalue weighted by molar-refractivity contribution is 0.0954. The summed E-state index contributed by atoms with van der Waals surface area (Å²) >= 11 is 1.65. The van der Waals surface area contributed by atoms with Gasteiger partial charge in [-0.05, 0) is 24.3 Å². The third kappa shape index (κ3) is 5.10. The number of carbonyl (C=O) groups is 1. The Labute approximate surface area is 162 Å². The van der Waals surface area contributed by atoms with Gasteiger partial charge in [-0.25, -0.2) is 4.98 Å². The molecule has 1 aromatic heterocycles. The lowest BCUT2D eigenvalue weighted by Crippen LogP contribution is -2.51. The van der Waals surface area contributed by atoms with Crippen molar-refractivity contribution in [3.05, 3.63) is 41.4 Å². The molecule has 3 N–H and O–H groups in total. The van der Waals surface area contributed by atoms with Crippen LogP contribution in [0.5, 0.6) is 5.75 Å². The lowest BCUT2D eigenvalue weighted by Gasteiger charge is -2.35. The Kier molecular flexibility index (Phi) is 6.48. The third-order valence-corrected chi connectivity index (χ3v) is 5.15. The predicted octanol–water partition coefficient (Wildman–Crippen LogP) is 1.02. The molecule has 1 aliphatic rings. The van der Waals surface area contributed by atoms with Crippen LogP contribution >= 0.6 is 11.3 Å². The molecule has 1 fully saturated rings. The second-order valence-corrected chi connectivity index (χ2v) is 6.89. The quantitative estimate of drug-likeness (QED) is 0.436. The summed E-state index contributed by atoms with van der Waals surface area (Å²) < 4.78 is 5.09. The van der Waals surface area contributed by atoms with Gasteiger partial charge in [0, 0.05) is 49.9 Å². The summed E-state index contributed by atoms with van der Waals surface area (Å²) in [5, 5.41) is 5.88. The van der Waals surface area contributed by atoms with E-state index in [1.165, 1.54) is 0 Å². The number of rotatable bonds is 6. The summed E-state index contributed by atoms with van der Waals surface area (Å²) in [6.45, 7) is 4.25. The monoisotopic (exact) mass is 388 g/mol. The Morgan fingerprint density at radius 3 is 2.67 bits per heavy atom. The first kappa shape index (κ1) is 19.0. The number of thiazole rings is 1. The van der Waals surface area contributed by atoms with E-state index in [1.807, 2.05) is 11.6 Å². The number of aliphatic imine (C=N–C) groups is 1. The zero-order chi connectivity index (χ0) is 19.1. The summed E-state index contributed by atoms with van der Waals surface area (Å²) in [6, 6.07) is 6.98. The zero-order valence-electron chi connectivity index (χ0n) is 15.3. The van der Waals surface area contributed by atoms with Crippen LogP contribution in [0.2, 0.25) is 0 Å². The van der Waals surface area contributed by atoms with Gasteiger partial charge in [0.1, 0.15) is 5.75 Å². The van der Waals surface area contributed by atoms with Crippen molar-refractivity contribution >= 4 is 28.3 Å². The molecule has 1 saturated heterocycles. The SMILES string of the molecule is COc1ccc(C(=O)NCCN=C(N)N2CCN(c3nccs3)CC2)cc1. The van der Waals surface area contributed by atoms with Crippen molar-refractivity contribution in [2.45, 2.75) is 0 Å². The van der Waals surface area contributed by atoms with Gasteiger partial charge in [0.2, 0.25) is 0 Å². The number of piperazine rings is 1. The average Bonchev–Trinajstić information content (AvgIpc) is 3.26. The fraction of sp³-hybridized carbons (Fsp3) is 0.389. The number of nitrogens with one attached hydrogen (secondary N) is 1. The summed E-state index contributed by atoms with van der Waals surface area (Å²) in [5.74, 6) is 1.11. The van der Waals surface area contributed by atoms with Crippen molar-refractivity contribution in [1.29, 1.82) is 0 Å². The standard InChI is InChI=1S/C18H24N6O2S/c1-26-15-4-2-14(3-5-15)16(25)20-6-7-21-17(19)23-9-11-24(12-10-23)18-22-8-13-27-18/h2-5,8,13H,6-7,9-12H2,1H3,(H2,19,21)(H,20,25). The van der Waals surface area contributed by atoms with Crippen LogP contribution < -0.4 is 20.7 Å². The Balaban J connectivity index is 1.39. The molecule has 0 saturated carbocycles. The topological polar surface area (TPSA) is 96.1 Å². The minimum atomic E-state index is -0.136. The fourth-order valence-corrected chi connectivity index (χ4v) is 3.48. The zero-order valence-corrected chi connectivity index (χ0v) is 16.1. The molecule has 0 unspecified atom stereocenters. The number of carbonyl (C=O) groups excluding carboxylic acids is 1. The van der Waals surface area contributed by atoms with E-state index in [-0.39, 0.29) is 5.91 Å². The second-order valence-electron chi connectivity index (χ2n) is 6.01. The van der Waals surface area contributed by atoms with Gasteiger partial charge in [0.25, 0.3) is 5.91 Å². The highest BCUT2D eigenvalue weighted by Crippen LogP contribution is 2.18. The first-order valence-corrected chi connectivity index (χ1v) is 9.67. The van der Waals surface area contributed by atoms with Crippen LogP contribution in [-0.4, -0.2) is 68.1 Å². The van der Waals surface area contributed by atoms with Crippen LogP contribution in [0.1, 0.15) is 10.4 Å². The van der Waals surface area contributed by atoms with E-state index in [0.717, 1.165) is 37.1 Å². The molecule has 0 bridgehead atoms. The predicted molar refractivity (Wildman–Crippen MR) is 108 cm³/mol. The van der Waals surface area contributed by atoms with E-state index < -0.39 is 0 Å². The first-order chi connectivity index (χ1) is 13.2. The maximum atomic E-state index is 12.1. The van der Waals surface area contributed by atoms with Crippen molar-refractivity contribution in [3.63, 3.8) is 0 Å². The van der Waals surface area contributed by atoms with E-state index in [1.54, 1.807) is 42.7 Å². The number of aromatic nitrogens is 1. The van der Waals surface area contributed by atoms with E-state index in [2.05, 4.69) is 25.1 Å². The minimum Gasteiger partial charge on any atom is -0.497 e. The first-order valence-electron chi connectivity index (χ1n) is 8.79. The molecule has 1 aromatic carbocycles. The van der Waals surface area contributed by atoms with Gasteiger partial charge in [0.15, 0.2) is 11.1 Å². The summed E-state index contributed by atoms with van der Waals surface area (Å²) in [6.07, 6.45) is 1.82. The number of guanidine groups is 1. The minimum absolute atomic E-state index is 0.136. The van der Waals surface area contributed by atoms with Gasteiger partial charge < -0.3 is 25.6 Å². The number of hydrogen-bond acceptors (Lipinski definition) is 6. The van der Waals surface area contributed by atoms with E-state index >= 15 is 0 Å². The van der Waals surface area contributed by atoms with Gasteiger partial charge in [-0.2, -0.15) is 0 Å². The lowest BCUT2D eigenvalue weighted by atomic mass is 10.2. The second kappa shape index (κ2) is 9.22. The van der Waals surface area contributed by atoms with Crippen molar-refractivity contribution in [3.8, 4) is 5.75 Å². The number of hydrogen-bond donors (Lipinski definition) is 2. The van der Waals surface area contributed by atoms with Crippen LogP contribution in [0.4, 0.5) is 5.13 Å². The molecule has 1 amide bonds. The number of amides is 1. The normalized spacial score (nSPS) is 14.9. The summed E-state index contributed by atoms with van der Waals surface area (Å²) in [4.78, 5) is 25.1. The molecule has 2 aromatic rings. The van der Waals surface area contributed by atoms with Crippen molar-refractivity contribution in [2.75, 3.05) is 51.3 Å². The van der Waals surface area contributed by atoms with Crippen LogP contribution in [0.25, 0.3) is 0 Å². The highest BCUT2D eigenvalue weighted by Gasteiger charge is 2.19. The maximum Gasteiger partial charge on any atom is 0.251 e. The number of methoxy groups -OCH3 is 1. The highest BCUT2D eigenvalue weighted by atomic mass is 32.1. The summed E-state index contributed by atoms with van der Waals surface area (Å²) in [5.41, 5.74) is 6.68. The van der Waals surface area contributed by atoms with Gasteiger partial charge in [-0.1, -0.05) is 0 Å².